The van der Waals surface area contributed by atoms with Gasteiger partial charge >= 0.3 is 0 Å². The van der Waals surface area contributed by atoms with E-state index in [1.165, 1.54) is 5.56 Å². The Balaban J connectivity index is 0.00000256. The van der Waals surface area contributed by atoms with Crippen molar-refractivity contribution >= 4 is 29.9 Å². The molecule has 0 aliphatic heterocycles. The molecule has 17 heavy (non-hydrogen) atoms. The highest BCUT2D eigenvalue weighted by Crippen LogP contribution is 2.09. The second kappa shape index (κ2) is 9.28. The summed E-state index contributed by atoms with van der Waals surface area (Å²) < 4.78 is 0. The smallest absolute Gasteiger partial charge is 0.221 e. The molecule has 0 atom stereocenters. The normalized spacial score (nSPS) is 9.53. The molecule has 0 spiro atoms. The van der Waals surface area contributed by atoms with Gasteiger partial charge in [0, 0.05) is 24.5 Å². The second-order valence-electron chi connectivity index (χ2n) is 3.58. The lowest BCUT2D eigenvalue weighted by Crippen LogP contribution is -2.28. The third-order valence-electron chi connectivity index (χ3n) is 2.25. The zero-order chi connectivity index (χ0) is 11.8. The van der Waals surface area contributed by atoms with Gasteiger partial charge in [-0.3, -0.25) is 4.79 Å². The summed E-state index contributed by atoms with van der Waals surface area (Å²) in [5, 5.41) is 6.54. The summed E-state index contributed by atoms with van der Waals surface area (Å²) >= 11 is 5.78. The monoisotopic (exact) mass is 276 g/mol. The van der Waals surface area contributed by atoms with Crippen LogP contribution in [0.25, 0.3) is 0 Å². The summed E-state index contributed by atoms with van der Waals surface area (Å²) in [5.41, 5.74) is 1.18. The number of carbonyl (C=O) groups is 1. The second-order valence-corrected chi connectivity index (χ2v) is 4.02. The molecular formula is C12H18Cl2N2O. The van der Waals surface area contributed by atoms with Crippen molar-refractivity contribution in [3.63, 3.8) is 0 Å². The number of carbonyl (C=O) groups excluding carboxylic acids is 1. The van der Waals surface area contributed by atoms with Gasteiger partial charge in [0.05, 0.1) is 0 Å². The minimum Gasteiger partial charge on any atom is -0.356 e. The fourth-order valence-corrected chi connectivity index (χ4v) is 1.45. The summed E-state index contributed by atoms with van der Waals surface area (Å²) in [4.78, 5) is 11.3. The Morgan fingerprint density at radius 3 is 2.47 bits per heavy atom. The number of amides is 1. The van der Waals surface area contributed by atoms with Crippen LogP contribution in [0.2, 0.25) is 5.02 Å². The molecule has 0 fully saturated rings. The summed E-state index contributed by atoms with van der Waals surface area (Å²) in [6, 6.07) is 7.67. The third kappa shape index (κ3) is 7.21. The largest absolute Gasteiger partial charge is 0.356 e. The topological polar surface area (TPSA) is 41.1 Å². The first-order chi connectivity index (χ1) is 7.72. The third-order valence-corrected chi connectivity index (χ3v) is 2.50. The van der Waals surface area contributed by atoms with Crippen LogP contribution in [0.4, 0.5) is 0 Å². The maximum Gasteiger partial charge on any atom is 0.221 e. The van der Waals surface area contributed by atoms with Crippen molar-refractivity contribution in [1.29, 1.82) is 0 Å². The Morgan fingerprint density at radius 2 is 1.88 bits per heavy atom. The predicted molar refractivity (Wildman–Crippen MR) is 74.0 cm³/mol. The standard InChI is InChI=1S/C12H17ClN2O.ClH/c1-14-8-7-12(16)15-9-6-10-2-4-11(13)5-3-10;/h2-5,14H,6-9H2,1H3,(H,15,16);1H. The van der Waals surface area contributed by atoms with E-state index in [9.17, 15) is 4.79 Å². The molecule has 1 rings (SSSR count). The van der Waals surface area contributed by atoms with E-state index in [0.717, 1.165) is 11.4 Å². The van der Waals surface area contributed by atoms with Crippen LogP contribution in [-0.4, -0.2) is 26.0 Å². The average molecular weight is 277 g/mol. The van der Waals surface area contributed by atoms with Crippen molar-refractivity contribution < 1.29 is 4.79 Å². The Morgan fingerprint density at radius 1 is 1.24 bits per heavy atom. The number of hydrogen-bond acceptors (Lipinski definition) is 2. The Labute approximate surface area is 113 Å². The minimum absolute atomic E-state index is 0. The van der Waals surface area contributed by atoms with Gasteiger partial charge in [0.25, 0.3) is 0 Å². The number of benzene rings is 1. The van der Waals surface area contributed by atoms with Crippen molar-refractivity contribution in [2.75, 3.05) is 20.1 Å². The quantitative estimate of drug-likeness (QED) is 0.835. The van der Waals surface area contributed by atoms with Crippen LogP contribution in [-0.2, 0) is 11.2 Å². The molecule has 96 valence electrons. The lowest BCUT2D eigenvalue weighted by atomic mass is 10.1. The molecule has 0 aliphatic rings. The number of halogens is 2. The Kier molecular flexibility index (Phi) is 8.86. The van der Waals surface area contributed by atoms with Crippen LogP contribution < -0.4 is 10.6 Å². The molecule has 0 aromatic heterocycles. The van der Waals surface area contributed by atoms with E-state index in [1.54, 1.807) is 0 Å². The summed E-state index contributed by atoms with van der Waals surface area (Å²) in [7, 11) is 1.83. The highest BCUT2D eigenvalue weighted by molar-refractivity contribution is 6.30. The lowest BCUT2D eigenvalue weighted by Gasteiger charge is -2.05. The Hall–Kier alpha value is -0.770. The fraction of sp³-hybridized carbons (Fsp3) is 0.417. The van der Waals surface area contributed by atoms with Gasteiger partial charge in [0.1, 0.15) is 0 Å². The molecule has 0 bridgehead atoms. The highest BCUT2D eigenvalue weighted by atomic mass is 35.5. The SMILES string of the molecule is CNCCC(=O)NCCc1ccc(Cl)cc1.Cl. The van der Waals surface area contributed by atoms with Gasteiger partial charge in [-0.25, -0.2) is 0 Å². The van der Waals surface area contributed by atoms with Crippen LogP contribution in [0.15, 0.2) is 24.3 Å². The van der Waals surface area contributed by atoms with E-state index >= 15 is 0 Å². The highest BCUT2D eigenvalue weighted by Gasteiger charge is 1.99. The maximum absolute atomic E-state index is 11.3. The molecule has 3 nitrogen and oxygen atoms in total. The number of hydrogen-bond donors (Lipinski definition) is 2. The first-order valence-electron chi connectivity index (χ1n) is 5.38. The molecule has 0 heterocycles. The molecular weight excluding hydrogens is 259 g/mol. The van der Waals surface area contributed by atoms with E-state index in [4.69, 9.17) is 11.6 Å². The fourth-order valence-electron chi connectivity index (χ4n) is 1.32. The van der Waals surface area contributed by atoms with Gasteiger partial charge in [-0.15, -0.1) is 12.4 Å². The predicted octanol–water partition coefficient (Wildman–Crippen LogP) is 2.03. The van der Waals surface area contributed by atoms with Crippen LogP contribution in [0.5, 0.6) is 0 Å². The Bertz CT molecular complexity index is 328. The molecule has 0 saturated carbocycles. The summed E-state index contributed by atoms with van der Waals surface area (Å²) in [5.74, 6) is 0.0864. The number of nitrogens with one attached hydrogen (secondary N) is 2. The number of rotatable bonds is 6. The van der Waals surface area contributed by atoms with Crippen molar-refractivity contribution in [3.8, 4) is 0 Å². The molecule has 1 aromatic rings. The first kappa shape index (κ1) is 16.2. The van der Waals surface area contributed by atoms with Crippen molar-refractivity contribution in [2.24, 2.45) is 0 Å². The van der Waals surface area contributed by atoms with E-state index in [2.05, 4.69) is 10.6 Å². The average Bonchev–Trinajstić information content (AvgIpc) is 2.29. The molecule has 0 unspecified atom stereocenters. The van der Waals surface area contributed by atoms with E-state index in [-0.39, 0.29) is 18.3 Å². The van der Waals surface area contributed by atoms with Gasteiger partial charge < -0.3 is 10.6 Å². The van der Waals surface area contributed by atoms with Gasteiger partial charge in [-0.05, 0) is 31.2 Å². The van der Waals surface area contributed by atoms with Crippen molar-refractivity contribution in [3.05, 3.63) is 34.9 Å². The van der Waals surface area contributed by atoms with Crippen LogP contribution in [0.3, 0.4) is 0 Å². The summed E-state index contributed by atoms with van der Waals surface area (Å²) in [6.07, 6.45) is 1.36. The van der Waals surface area contributed by atoms with E-state index in [0.29, 0.717) is 19.5 Å². The molecule has 0 aliphatic carbocycles. The van der Waals surface area contributed by atoms with Crippen LogP contribution >= 0.6 is 24.0 Å². The summed E-state index contributed by atoms with van der Waals surface area (Å²) in [6.45, 7) is 1.39. The first-order valence-corrected chi connectivity index (χ1v) is 5.76. The zero-order valence-corrected chi connectivity index (χ0v) is 11.4. The molecule has 1 aromatic carbocycles. The molecule has 1 amide bonds. The molecule has 0 saturated heterocycles. The molecule has 5 heteroatoms. The van der Waals surface area contributed by atoms with E-state index in [1.807, 2.05) is 31.3 Å². The van der Waals surface area contributed by atoms with Crippen LogP contribution in [0, 0.1) is 0 Å². The zero-order valence-electron chi connectivity index (χ0n) is 9.83. The van der Waals surface area contributed by atoms with Gasteiger partial charge in [-0.2, -0.15) is 0 Å². The van der Waals surface area contributed by atoms with E-state index < -0.39 is 0 Å². The van der Waals surface area contributed by atoms with Crippen molar-refractivity contribution in [2.45, 2.75) is 12.8 Å². The van der Waals surface area contributed by atoms with Crippen LogP contribution in [0.1, 0.15) is 12.0 Å². The minimum atomic E-state index is 0. The van der Waals surface area contributed by atoms with Gasteiger partial charge in [-0.1, -0.05) is 23.7 Å². The van der Waals surface area contributed by atoms with Gasteiger partial charge in [0.2, 0.25) is 5.91 Å². The maximum atomic E-state index is 11.3. The van der Waals surface area contributed by atoms with Crippen molar-refractivity contribution in [1.82, 2.24) is 10.6 Å². The lowest BCUT2D eigenvalue weighted by molar-refractivity contribution is -0.120. The van der Waals surface area contributed by atoms with Gasteiger partial charge in [0.15, 0.2) is 0 Å². The molecule has 2 N–H and O–H groups in total. The molecule has 0 radical (unpaired) electrons.